The van der Waals surface area contributed by atoms with E-state index in [1.165, 1.54) is 38.6 Å². The van der Waals surface area contributed by atoms with Gasteiger partial charge in [0.2, 0.25) is 0 Å². The summed E-state index contributed by atoms with van der Waals surface area (Å²) >= 11 is 0. The molecular formula is C12H28N2OSi. The van der Waals surface area contributed by atoms with Gasteiger partial charge in [-0.25, -0.2) is 0 Å². The summed E-state index contributed by atoms with van der Waals surface area (Å²) in [7, 11) is 2.63. The van der Waals surface area contributed by atoms with Gasteiger partial charge in [-0.1, -0.05) is 13.8 Å². The maximum atomic E-state index is 5.77. The molecule has 4 heteroatoms. The average Bonchev–Trinajstić information content (AvgIpc) is 2.57. The van der Waals surface area contributed by atoms with Gasteiger partial charge in [-0.05, 0) is 38.5 Å². The van der Waals surface area contributed by atoms with Crippen molar-refractivity contribution in [1.29, 1.82) is 0 Å². The highest BCUT2D eigenvalue weighted by atomic mass is 28.4. The Labute approximate surface area is 102 Å². The molecule has 1 fully saturated rings. The first-order valence-corrected chi connectivity index (χ1v) is 9.03. The highest BCUT2D eigenvalue weighted by molar-refractivity contribution is 6.70. The molecule has 0 aromatic carbocycles. The zero-order valence-electron chi connectivity index (χ0n) is 11.6. The number of hydrogen-bond donors (Lipinski definition) is 0. The lowest BCUT2D eigenvalue weighted by molar-refractivity contribution is 0.250. The predicted molar refractivity (Wildman–Crippen MR) is 72.0 cm³/mol. The maximum Gasteiger partial charge on any atom is 0.267 e. The van der Waals surface area contributed by atoms with E-state index in [0.717, 1.165) is 5.92 Å². The minimum Gasteiger partial charge on any atom is -0.406 e. The van der Waals surface area contributed by atoms with Gasteiger partial charge in [-0.3, -0.25) is 0 Å². The Bertz CT molecular complexity index is 213. The van der Waals surface area contributed by atoms with E-state index in [-0.39, 0.29) is 0 Å². The summed E-state index contributed by atoms with van der Waals surface area (Å²) in [5.41, 5.74) is 0. The minimum atomic E-state index is -1.49. The molecule has 0 radical (unpaired) electrons. The Kier molecular flexibility index (Phi) is 5.44. The summed E-state index contributed by atoms with van der Waals surface area (Å²) in [4.78, 5) is 2.44. The first-order valence-electron chi connectivity index (χ1n) is 6.46. The van der Waals surface area contributed by atoms with Gasteiger partial charge >= 0.3 is 0 Å². The monoisotopic (exact) mass is 244 g/mol. The Morgan fingerprint density at radius 2 is 2.12 bits per heavy atom. The van der Waals surface area contributed by atoms with Crippen LogP contribution in [0.15, 0.2) is 0 Å². The van der Waals surface area contributed by atoms with E-state index >= 15 is 0 Å². The third kappa shape index (κ3) is 3.84. The first-order chi connectivity index (χ1) is 7.48. The third-order valence-electron chi connectivity index (χ3n) is 3.61. The Morgan fingerprint density at radius 3 is 2.69 bits per heavy atom. The molecule has 0 N–H and O–H groups in total. The largest absolute Gasteiger partial charge is 0.406 e. The molecule has 3 nitrogen and oxygen atoms in total. The molecule has 1 rings (SSSR count). The first kappa shape index (κ1) is 14.2. The number of nitrogens with zero attached hydrogens (tertiary/aromatic N) is 2. The van der Waals surface area contributed by atoms with Crippen molar-refractivity contribution in [3.05, 3.63) is 0 Å². The summed E-state index contributed by atoms with van der Waals surface area (Å²) < 4.78 is 8.39. The summed E-state index contributed by atoms with van der Waals surface area (Å²) in [6.07, 6.45) is 1.32. The average molecular weight is 244 g/mol. The van der Waals surface area contributed by atoms with Crippen molar-refractivity contribution >= 4 is 8.48 Å². The fraction of sp³-hybridized carbons (Fsp3) is 1.00. The Morgan fingerprint density at radius 1 is 1.44 bits per heavy atom. The molecule has 1 aliphatic heterocycles. The third-order valence-corrected chi connectivity index (χ3v) is 7.55. The maximum absolute atomic E-state index is 5.77. The van der Waals surface area contributed by atoms with Crippen molar-refractivity contribution in [1.82, 2.24) is 9.47 Å². The summed E-state index contributed by atoms with van der Waals surface area (Å²) in [6.45, 7) is 11.7. The zero-order valence-corrected chi connectivity index (χ0v) is 12.6. The lowest BCUT2D eigenvalue weighted by Gasteiger charge is -2.32. The highest BCUT2D eigenvalue weighted by Gasteiger charge is 2.39. The molecule has 1 heterocycles. The smallest absolute Gasteiger partial charge is 0.267 e. The summed E-state index contributed by atoms with van der Waals surface area (Å²) in [5, 5.41) is 0. The van der Waals surface area contributed by atoms with Crippen molar-refractivity contribution in [2.24, 2.45) is 5.92 Å². The van der Waals surface area contributed by atoms with Crippen LogP contribution in [0.5, 0.6) is 0 Å². The molecular weight excluding hydrogens is 216 g/mol. The van der Waals surface area contributed by atoms with E-state index in [0.29, 0.717) is 0 Å². The second kappa shape index (κ2) is 6.14. The van der Waals surface area contributed by atoms with Crippen LogP contribution in [0.1, 0.15) is 20.3 Å². The van der Waals surface area contributed by atoms with E-state index in [4.69, 9.17) is 4.43 Å². The van der Waals surface area contributed by atoms with Crippen molar-refractivity contribution in [2.75, 3.05) is 40.3 Å². The molecule has 0 bridgehead atoms. The fourth-order valence-corrected chi connectivity index (χ4v) is 5.37. The number of likely N-dealkylation sites (N-methyl/N-ethyl adjacent to an activating group) is 1. The molecule has 1 atom stereocenters. The van der Waals surface area contributed by atoms with Gasteiger partial charge in [0.05, 0.1) is 0 Å². The topological polar surface area (TPSA) is 15.7 Å². The van der Waals surface area contributed by atoms with Gasteiger partial charge < -0.3 is 13.9 Å². The lowest BCUT2D eigenvalue weighted by Crippen LogP contribution is -2.50. The second-order valence-corrected chi connectivity index (χ2v) is 9.52. The van der Waals surface area contributed by atoms with Crippen LogP contribution in [0, 0.1) is 5.92 Å². The van der Waals surface area contributed by atoms with Gasteiger partial charge in [0.15, 0.2) is 0 Å². The van der Waals surface area contributed by atoms with Gasteiger partial charge in [0, 0.05) is 26.7 Å². The van der Waals surface area contributed by atoms with Gasteiger partial charge in [0.25, 0.3) is 8.48 Å². The van der Waals surface area contributed by atoms with Crippen LogP contribution >= 0.6 is 0 Å². The minimum absolute atomic E-state index is 0.759. The Balaban J connectivity index is 2.32. The summed E-state index contributed by atoms with van der Waals surface area (Å²) in [6, 6.07) is 1.30. The van der Waals surface area contributed by atoms with Crippen LogP contribution in [-0.4, -0.2) is 58.3 Å². The molecule has 96 valence electrons. The van der Waals surface area contributed by atoms with E-state index in [1.54, 1.807) is 0 Å². The molecule has 0 spiro atoms. The standard InChI is InChI=1S/C12H28N2OSi/c1-12(2)11-13(3)8-9-14-7-6-10-16(14,5)15-4/h12H,6-11H2,1-5H3. The van der Waals surface area contributed by atoms with Crippen LogP contribution in [-0.2, 0) is 4.43 Å². The molecule has 0 saturated carbocycles. The molecule has 1 aliphatic rings. The van der Waals surface area contributed by atoms with Crippen molar-refractivity contribution in [3.8, 4) is 0 Å². The van der Waals surface area contributed by atoms with Gasteiger partial charge in [-0.2, -0.15) is 0 Å². The molecule has 16 heavy (non-hydrogen) atoms. The van der Waals surface area contributed by atoms with E-state index < -0.39 is 8.48 Å². The molecule has 1 unspecified atom stereocenters. The van der Waals surface area contributed by atoms with Crippen LogP contribution in [0.3, 0.4) is 0 Å². The van der Waals surface area contributed by atoms with Crippen LogP contribution in [0.2, 0.25) is 12.6 Å². The molecule has 0 aromatic heterocycles. The van der Waals surface area contributed by atoms with Gasteiger partial charge in [-0.15, -0.1) is 0 Å². The van der Waals surface area contributed by atoms with Crippen LogP contribution in [0.25, 0.3) is 0 Å². The molecule has 0 amide bonds. The van der Waals surface area contributed by atoms with E-state index in [1.807, 2.05) is 7.11 Å². The highest BCUT2D eigenvalue weighted by Crippen LogP contribution is 2.25. The molecule has 0 aliphatic carbocycles. The van der Waals surface area contributed by atoms with Crippen molar-refractivity contribution < 1.29 is 4.43 Å². The normalized spacial score (nSPS) is 27.2. The Hall–Kier alpha value is 0.0969. The van der Waals surface area contributed by atoms with Crippen LogP contribution < -0.4 is 0 Å². The van der Waals surface area contributed by atoms with Crippen LogP contribution in [0.4, 0.5) is 0 Å². The van der Waals surface area contributed by atoms with E-state index in [2.05, 4.69) is 36.9 Å². The predicted octanol–water partition coefficient (Wildman–Crippen LogP) is 2.00. The molecule has 0 aromatic rings. The molecule has 1 saturated heterocycles. The van der Waals surface area contributed by atoms with E-state index in [9.17, 15) is 0 Å². The fourth-order valence-electron chi connectivity index (χ4n) is 2.58. The second-order valence-electron chi connectivity index (χ2n) is 5.63. The lowest BCUT2D eigenvalue weighted by atomic mass is 10.2. The number of hydrogen-bond acceptors (Lipinski definition) is 3. The SMILES string of the molecule is CO[Si]1(C)CCCN1CCN(C)CC(C)C. The summed E-state index contributed by atoms with van der Waals surface area (Å²) in [5.74, 6) is 0.759. The quantitative estimate of drug-likeness (QED) is 0.665. The van der Waals surface area contributed by atoms with Gasteiger partial charge in [0.1, 0.15) is 0 Å². The zero-order chi connectivity index (χ0) is 12.2. The number of rotatable bonds is 6. The van der Waals surface area contributed by atoms with Crippen molar-refractivity contribution in [3.63, 3.8) is 0 Å². The van der Waals surface area contributed by atoms with Crippen molar-refractivity contribution in [2.45, 2.75) is 32.9 Å².